The van der Waals surface area contributed by atoms with Crippen molar-refractivity contribution in [1.29, 1.82) is 0 Å². The van der Waals surface area contributed by atoms with Gasteiger partial charge < -0.3 is 14.8 Å². The number of fused-ring (bicyclic) bond motifs is 1. The van der Waals surface area contributed by atoms with Gasteiger partial charge in [-0.2, -0.15) is 5.10 Å². The Labute approximate surface area is 167 Å². The number of hydrogen-bond acceptors (Lipinski definition) is 4. The quantitative estimate of drug-likeness (QED) is 0.631. The van der Waals surface area contributed by atoms with E-state index in [4.69, 9.17) is 14.6 Å². The van der Waals surface area contributed by atoms with Crippen LogP contribution >= 0.6 is 15.9 Å². The molecule has 0 unspecified atom stereocenters. The smallest absolute Gasteiger partial charge is 0.170 e. The van der Waals surface area contributed by atoms with E-state index in [0.29, 0.717) is 11.5 Å². The van der Waals surface area contributed by atoms with Gasteiger partial charge in [-0.15, -0.1) is 0 Å². The van der Waals surface area contributed by atoms with Crippen molar-refractivity contribution in [3.05, 3.63) is 52.5 Å². The van der Waals surface area contributed by atoms with Crippen molar-refractivity contribution in [1.82, 2.24) is 9.78 Å². The Morgan fingerprint density at radius 1 is 1.04 bits per heavy atom. The molecular weight excluding hydrogens is 406 g/mol. The minimum Gasteiger partial charge on any atom is -0.493 e. The van der Waals surface area contributed by atoms with E-state index in [1.54, 1.807) is 14.2 Å². The predicted molar refractivity (Wildman–Crippen MR) is 111 cm³/mol. The van der Waals surface area contributed by atoms with Gasteiger partial charge in [-0.1, -0.05) is 22.0 Å². The molecule has 0 amide bonds. The lowest BCUT2D eigenvalue weighted by Gasteiger charge is -2.12. The van der Waals surface area contributed by atoms with Crippen LogP contribution in [0.1, 0.15) is 18.4 Å². The van der Waals surface area contributed by atoms with Gasteiger partial charge in [-0.05, 0) is 55.7 Å². The zero-order chi connectivity index (χ0) is 18.8. The second-order valence-electron chi connectivity index (χ2n) is 6.49. The van der Waals surface area contributed by atoms with Crippen LogP contribution in [-0.2, 0) is 6.42 Å². The Bertz CT molecular complexity index is 951. The molecule has 4 rings (SSSR count). The summed E-state index contributed by atoms with van der Waals surface area (Å²) in [4.78, 5) is 0. The van der Waals surface area contributed by atoms with E-state index >= 15 is 0 Å². The van der Waals surface area contributed by atoms with Crippen LogP contribution in [0.2, 0.25) is 0 Å². The third kappa shape index (κ3) is 3.30. The Morgan fingerprint density at radius 3 is 2.59 bits per heavy atom. The Hall–Kier alpha value is -2.47. The molecule has 27 heavy (non-hydrogen) atoms. The maximum Gasteiger partial charge on any atom is 0.170 e. The molecule has 3 aromatic rings. The minimum atomic E-state index is 0.712. The number of benzene rings is 2. The van der Waals surface area contributed by atoms with Crippen molar-refractivity contribution < 1.29 is 9.47 Å². The highest BCUT2D eigenvalue weighted by Crippen LogP contribution is 2.42. The number of anilines is 1. The van der Waals surface area contributed by atoms with E-state index in [1.165, 1.54) is 5.56 Å². The molecule has 2 aromatic carbocycles. The lowest BCUT2D eigenvalue weighted by molar-refractivity contribution is 0.356. The minimum absolute atomic E-state index is 0.712. The van der Waals surface area contributed by atoms with Gasteiger partial charge in [0, 0.05) is 22.1 Å². The first-order chi connectivity index (χ1) is 13.2. The molecule has 2 heterocycles. The number of halogens is 1. The number of para-hydroxylation sites is 1. The molecule has 0 saturated heterocycles. The molecule has 0 fully saturated rings. The molecule has 6 heteroatoms. The van der Waals surface area contributed by atoms with Crippen molar-refractivity contribution in [3.8, 4) is 28.4 Å². The molecule has 1 aliphatic rings. The average molecular weight is 428 g/mol. The molecule has 140 valence electrons. The van der Waals surface area contributed by atoms with Crippen LogP contribution in [0, 0.1) is 0 Å². The van der Waals surface area contributed by atoms with E-state index in [1.807, 2.05) is 35.0 Å². The van der Waals surface area contributed by atoms with Gasteiger partial charge in [0.25, 0.3) is 0 Å². The summed E-state index contributed by atoms with van der Waals surface area (Å²) in [6, 6.07) is 14.1. The van der Waals surface area contributed by atoms with Gasteiger partial charge in [0.1, 0.15) is 11.5 Å². The van der Waals surface area contributed by atoms with Crippen LogP contribution in [0.15, 0.2) is 46.9 Å². The number of nitrogens with one attached hydrogen (secondary N) is 1. The SMILES string of the molecule is COc1cccc(-c2nn(-c3ccc(Br)cc3)c3c2CCCCN3)c1OC. The third-order valence-corrected chi connectivity index (χ3v) is 5.39. The first-order valence-corrected chi connectivity index (χ1v) is 9.85. The summed E-state index contributed by atoms with van der Waals surface area (Å²) < 4.78 is 14.2. The number of methoxy groups -OCH3 is 2. The lowest BCUT2D eigenvalue weighted by Crippen LogP contribution is -2.07. The monoisotopic (exact) mass is 427 g/mol. The number of hydrogen-bond donors (Lipinski definition) is 1. The van der Waals surface area contributed by atoms with Crippen molar-refractivity contribution in [2.45, 2.75) is 19.3 Å². The summed E-state index contributed by atoms with van der Waals surface area (Å²) in [7, 11) is 3.33. The largest absolute Gasteiger partial charge is 0.493 e. The Kier molecular flexibility index (Phi) is 5.07. The number of rotatable bonds is 4. The first-order valence-electron chi connectivity index (χ1n) is 9.06. The number of nitrogens with zero attached hydrogens (tertiary/aromatic N) is 2. The van der Waals surface area contributed by atoms with Crippen LogP contribution in [0.5, 0.6) is 11.5 Å². The van der Waals surface area contributed by atoms with Gasteiger partial charge in [-0.3, -0.25) is 0 Å². The van der Waals surface area contributed by atoms with Gasteiger partial charge in [0.15, 0.2) is 11.5 Å². The van der Waals surface area contributed by atoms with Gasteiger partial charge in [0.05, 0.1) is 19.9 Å². The maximum absolute atomic E-state index is 5.67. The predicted octanol–water partition coefficient (Wildman–Crippen LogP) is 5.07. The zero-order valence-corrected chi connectivity index (χ0v) is 17.0. The zero-order valence-electron chi connectivity index (χ0n) is 15.5. The summed E-state index contributed by atoms with van der Waals surface area (Å²) in [6.45, 7) is 0.948. The van der Waals surface area contributed by atoms with Gasteiger partial charge in [0.2, 0.25) is 0 Å². The normalized spacial score (nSPS) is 13.4. The number of ether oxygens (including phenoxy) is 2. The van der Waals surface area contributed by atoms with Crippen molar-refractivity contribution in [2.24, 2.45) is 0 Å². The van der Waals surface area contributed by atoms with Crippen LogP contribution in [-0.4, -0.2) is 30.5 Å². The molecular formula is C21H22BrN3O2. The first kappa shape index (κ1) is 17.9. The molecule has 1 N–H and O–H groups in total. The third-order valence-electron chi connectivity index (χ3n) is 4.86. The van der Waals surface area contributed by atoms with E-state index in [0.717, 1.165) is 53.0 Å². The molecule has 0 bridgehead atoms. The van der Waals surface area contributed by atoms with E-state index in [2.05, 4.69) is 33.4 Å². The van der Waals surface area contributed by atoms with E-state index < -0.39 is 0 Å². The molecule has 0 spiro atoms. The van der Waals surface area contributed by atoms with Crippen LogP contribution in [0.4, 0.5) is 5.82 Å². The fraction of sp³-hybridized carbons (Fsp3) is 0.286. The second kappa shape index (κ2) is 7.64. The highest BCUT2D eigenvalue weighted by Gasteiger charge is 2.24. The number of aromatic nitrogens is 2. The summed E-state index contributed by atoms with van der Waals surface area (Å²) in [5, 5.41) is 8.57. The molecule has 5 nitrogen and oxygen atoms in total. The van der Waals surface area contributed by atoms with Crippen LogP contribution in [0.25, 0.3) is 16.9 Å². The molecule has 1 aromatic heterocycles. The maximum atomic E-state index is 5.67. The fourth-order valence-electron chi connectivity index (χ4n) is 3.56. The van der Waals surface area contributed by atoms with Crippen LogP contribution in [0.3, 0.4) is 0 Å². The Morgan fingerprint density at radius 2 is 1.85 bits per heavy atom. The fourth-order valence-corrected chi connectivity index (χ4v) is 3.83. The molecule has 0 saturated carbocycles. The van der Waals surface area contributed by atoms with Crippen LogP contribution < -0.4 is 14.8 Å². The van der Waals surface area contributed by atoms with E-state index in [-0.39, 0.29) is 0 Å². The van der Waals surface area contributed by atoms with Gasteiger partial charge >= 0.3 is 0 Å². The lowest BCUT2D eigenvalue weighted by atomic mass is 10.0. The summed E-state index contributed by atoms with van der Waals surface area (Å²) in [5.41, 5.74) is 4.14. The Balaban J connectivity index is 1.93. The summed E-state index contributed by atoms with van der Waals surface area (Å²) >= 11 is 3.51. The average Bonchev–Trinajstić information content (AvgIpc) is 2.88. The summed E-state index contributed by atoms with van der Waals surface area (Å²) in [6.07, 6.45) is 3.25. The van der Waals surface area contributed by atoms with Crippen molar-refractivity contribution >= 4 is 21.7 Å². The highest BCUT2D eigenvalue weighted by molar-refractivity contribution is 9.10. The molecule has 1 aliphatic heterocycles. The molecule has 0 atom stereocenters. The molecule has 0 aliphatic carbocycles. The summed E-state index contributed by atoms with van der Waals surface area (Å²) in [5.74, 6) is 2.49. The highest BCUT2D eigenvalue weighted by atomic mass is 79.9. The topological polar surface area (TPSA) is 48.3 Å². The van der Waals surface area contributed by atoms with Crippen molar-refractivity contribution in [3.63, 3.8) is 0 Å². The van der Waals surface area contributed by atoms with Gasteiger partial charge in [-0.25, -0.2) is 4.68 Å². The standard InChI is InChI=1S/C21H22BrN3O2/c1-26-18-8-5-7-16(20(18)27-2)19-17-6-3-4-13-23-21(17)25(24-19)15-11-9-14(22)10-12-15/h5,7-12,23H,3-4,6,13H2,1-2H3. The second-order valence-corrected chi connectivity index (χ2v) is 7.40. The van der Waals surface area contributed by atoms with E-state index in [9.17, 15) is 0 Å². The molecule has 0 radical (unpaired) electrons. The van der Waals surface area contributed by atoms with Crippen molar-refractivity contribution in [2.75, 3.05) is 26.1 Å².